The molecule has 0 aliphatic carbocycles. The lowest BCUT2D eigenvalue weighted by Crippen LogP contribution is -2.36. The van der Waals surface area contributed by atoms with E-state index in [1.54, 1.807) is 6.07 Å². The fourth-order valence-corrected chi connectivity index (χ4v) is 5.29. The van der Waals surface area contributed by atoms with E-state index in [9.17, 15) is 9.90 Å². The molecule has 1 aliphatic rings. The van der Waals surface area contributed by atoms with Crippen molar-refractivity contribution in [2.45, 2.75) is 51.1 Å². The van der Waals surface area contributed by atoms with Crippen LogP contribution in [0.25, 0.3) is 0 Å². The van der Waals surface area contributed by atoms with Crippen LogP contribution in [0.5, 0.6) is 0 Å². The summed E-state index contributed by atoms with van der Waals surface area (Å²) in [6.45, 7) is 8.41. The Morgan fingerprint density at radius 1 is 0.833 bits per heavy atom. The first kappa shape index (κ1) is 40.9. The van der Waals surface area contributed by atoms with Crippen molar-refractivity contribution in [3.63, 3.8) is 0 Å². The average molecular weight is 688 g/mol. The van der Waals surface area contributed by atoms with Gasteiger partial charge in [-0.3, -0.25) is 14.8 Å². The molecule has 0 radical (unpaired) electrons. The number of hydrogen-bond acceptors (Lipinski definition) is 13. The second kappa shape index (κ2) is 27.6. The van der Waals surface area contributed by atoms with Crippen molar-refractivity contribution in [2.24, 2.45) is 4.99 Å². The van der Waals surface area contributed by atoms with Crippen LogP contribution in [-0.2, 0) is 35.1 Å². The van der Waals surface area contributed by atoms with Crippen molar-refractivity contribution < 1.29 is 38.4 Å². The highest BCUT2D eigenvalue weighted by molar-refractivity contribution is 7.78. The molecule has 0 spiro atoms. The Labute approximate surface area is 288 Å². The molecule has 1 atom stereocenters. The number of carbonyl (C=O) groups excluding carboxylic acids is 2. The van der Waals surface area contributed by atoms with Crippen molar-refractivity contribution in [1.82, 2.24) is 19.8 Å². The molecule has 1 saturated heterocycles. The Balaban J connectivity index is 0.00000257. The number of aromatic carboxylic acids is 1. The number of unbranched alkanes of at least 4 members (excludes halogenated alkanes) is 4. The van der Waals surface area contributed by atoms with E-state index < -0.39 is 5.97 Å². The van der Waals surface area contributed by atoms with Gasteiger partial charge >= 0.3 is 12.1 Å². The highest BCUT2D eigenvalue weighted by Crippen LogP contribution is 2.25. The third-order valence-corrected chi connectivity index (χ3v) is 7.72. The van der Waals surface area contributed by atoms with Crippen LogP contribution in [-0.4, -0.2) is 128 Å². The van der Waals surface area contributed by atoms with Gasteiger partial charge in [0.15, 0.2) is 0 Å². The van der Waals surface area contributed by atoms with E-state index in [4.69, 9.17) is 33.5 Å². The monoisotopic (exact) mass is 687 g/mol. The van der Waals surface area contributed by atoms with Gasteiger partial charge in [-0.15, -0.1) is 0 Å². The van der Waals surface area contributed by atoms with Gasteiger partial charge in [-0.25, -0.2) is 14.8 Å². The average Bonchev–Trinajstić information content (AvgIpc) is 3.09. The van der Waals surface area contributed by atoms with Crippen LogP contribution in [0.15, 0.2) is 47.6 Å². The molecule has 48 heavy (non-hydrogen) atoms. The van der Waals surface area contributed by atoms with E-state index in [1.165, 1.54) is 18.9 Å². The minimum absolute atomic E-state index is 0.0426. The highest BCUT2D eigenvalue weighted by Gasteiger charge is 2.21. The van der Waals surface area contributed by atoms with Crippen molar-refractivity contribution in [3.8, 4) is 0 Å². The predicted octanol–water partition coefficient (Wildman–Crippen LogP) is 3.96. The molecule has 1 aliphatic heterocycles. The molecule has 0 bridgehead atoms. The Morgan fingerprint density at radius 2 is 1.44 bits per heavy atom. The van der Waals surface area contributed by atoms with Crippen LogP contribution in [0.1, 0.15) is 66.4 Å². The summed E-state index contributed by atoms with van der Waals surface area (Å²) in [4.78, 5) is 45.2. The lowest BCUT2D eigenvalue weighted by atomic mass is 10.0. The Bertz CT molecular complexity index is 1200. The minimum Gasteiger partial charge on any atom is -0.477 e. The normalized spacial score (nSPS) is 16.9. The number of carboxylic acid groups (broad SMARTS) is 1. The van der Waals surface area contributed by atoms with Gasteiger partial charge in [0.05, 0.1) is 75.4 Å². The maximum atomic E-state index is 11.3. The summed E-state index contributed by atoms with van der Waals surface area (Å²) < 4.78 is 23.7. The van der Waals surface area contributed by atoms with Gasteiger partial charge in [0.2, 0.25) is 0 Å². The number of nitrogens with zero attached hydrogens (tertiary/aromatic N) is 5. The number of aromatic nitrogens is 2. The first-order valence-corrected chi connectivity index (χ1v) is 16.9. The van der Waals surface area contributed by atoms with Crippen LogP contribution >= 0.6 is 12.2 Å². The molecule has 2 aromatic rings. The van der Waals surface area contributed by atoms with Crippen LogP contribution < -0.4 is 0 Å². The molecule has 1 N–H and O–H groups in total. The van der Waals surface area contributed by atoms with Gasteiger partial charge < -0.3 is 24.1 Å². The Morgan fingerprint density at radius 3 is 2.02 bits per heavy atom. The minimum atomic E-state index is -1.03. The van der Waals surface area contributed by atoms with Crippen molar-refractivity contribution in [2.75, 3.05) is 85.6 Å². The molecule has 1 fully saturated rings. The molecule has 0 amide bonds. The van der Waals surface area contributed by atoms with Gasteiger partial charge in [-0.2, -0.15) is 9.59 Å². The summed E-state index contributed by atoms with van der Waals surface area (Å²) >= 11 is 4.65. The number of isothiocyanates is 1. The van der Waals surface area contributed by atoms with E-state index in [0.29, 0.717) is 78.2 Å². The SMILES string of the molecule is O=C(O)c1cccc(CN2CCOCCOCCN(C(CCCCCCCN=C=S)c3ccccn3)CCOCCOCC2)n1.O=C=O. The van der Waals surface area contributed by atoms with Crippen LogP contribution in [0, 0.1) is 0 Å². The molecule has 14 heteroatoms. The molecule has 2 aromatic heterocycles. The predicted molar refractivity (Wildman–Crippen MR) is 181 cm³/mol. The standard InChI is InChI=1S/C33H49N5O6S.CO2/c39-33(40)31-11-8-9-29(36-31)27-37-15-19-41-23-25-43-21-17-38(18-22-44-26-24-42-20-16-37)32(30-10-5-7-14-35-30)12-4-2-1-3-6-13-34-28-45;2-1-3/h5,7-11,14,32H,1-4,6,12-13,15-27H2,(H,39,40);. The first-order chi connectivity index (χ1) is 23.6. The van der Waals surface area contributed by atoms with Crippen LogP contribution in [0.4, 0.5) is 0 Å². The maximum absolute atomic E-state index is 11.3. The van der Waals surface area contributed by atoms with E-state index in [1.807, 2.05) is 18.3 Å². The molecule has 264 valence electrons. The molecular weight excluding hydrogens is 638 g/mol. The summed E-state index contributed by atoms with van der Waals surface area (Å²) in [5.74, 6) is -1.03. The summed E-state index contributed by atoms with van der Waals surface area (Å²) in [7, 11) is 0. The van der Waals surface area contributed by atoms with Crippen molar-refractivity contribution in [3.05, 3.63) is 59.7 Å². The lowest BCUT2D eigenvalue weighted by Gasteiger charge is -2.31. The van der Waals surface area contributed by atoms with Crippen LogP contribution in [0.3, 0.4) is 0 Å². The molecule has 3 rings (SSSR count). The van der Waals surface area contributed by atoms with E-state index in [0.717, 1.165) is 51.0 Å². The number of aliphatic imine (C=N–C) groups is 1. The number of carbonyl (C=O) groups is 1. The van der Waals surface area contributed by atoms with Gasteiger partial charge in [0.1, 0.15) is 5.69 Å². The number of carboxylic acids is 1. The lowest BCUT2D eigenvalue weighted by molar-refractivity contribution is -0.191. The summed E-state index contributed by atoms with van der Waals surface area (Å²) in [5, 5.41) is 11.7. The van der Waals surface area contributed by atoms with E-state index >= 15 is 0 Å². The van der Waals surface area contributed by atoms with Gasteiger partial charge in [-0.1, -0.05) is 37.8 Å². The first-order valence-electron chi connectivity index (χ1n) is 16.5. The van der Waals surface area contributed by atoms with E-state index in [-0.39, 0.29) is 17.9 Å². The zero-order valence-corrected chi connectivity index (χ0v) is 28.5. The zero-order chi connectivity index (χ0) is 34.5. The van der Waals surface area contributed by atoms with Crippen LogP contribution in [0.2, 0.25) is 0 Å². The highest BCUT2D eigenvalue weighted by atomic mass is 32.1. The summed E-state index contributed by atoms with van der Waals surface area (Å²) in [6.07, 6.45) is 8.82. The number of thiocarbonyl (C=S) groups is 1. The number of ether oxygens (including phenoxy) is 4. The Hall–Kier alpha value is -3.29. The smallest absolute Gasteiger partial charge is 0.373 e. The fraction of sp³-hybridized carbons (Fsp3) is 0.618. The van der Waals surface area contributed by atoms with Gasteiger partial charge in [-0.05, 0) is 49.3 Å². The Kier molecular flexibility index (Phi) is 23.5. The molecule has 0 aromatic carbocycles. The zero-order valence-electron chi connectivity index (χ0n) is 27.7. The summed E-state index contributed by atoms with van der Waals surface area (Å²) in [6, 6.07) is 11.4. The molecular formula is C34H49N5O8S. The number of hydrogen-bond donors (Lipinski definition) is 1. The topological polar surface area (TPSA) is 153 Å². The summed E-state index contributed by atoms with van der Waals surface area (Å²) in [5.41, 5.74) is 1.82. The van der Waals surface area contributed by atoms with Crippen molar-refractivity contribution >= 4 is 29.5 Å². The quantitative estimate of drug-likeness (QED) is 0.184. The number of rotatable bonds is 13. The van der Waals surface area contributed by atoms with Gasteiger partial charge in [0.25, 0.3) is 0 Å². The second-order valence-electron chi connectivity index (χ2n) is 11.0. The largest absolute Gasteiger partial charge is 0.477 e. The number of pyridine rings is 2. The van der Waals surface area contributed by atoms with Gasteiger partial charge in [0, 0.05) is 45.5 Å². The fourth-order valence-electron chi connectivity index (χ4n) is 5.20. The molecule has 3 heterocycles. The third-order valence-electron chi connectivity index (χ3n) is 7.59. The maximum Gasteiger partial charge on any atom is 0.373 e. The molecule has 0 saturated carbocycles. The molecule has 1 unspecified atom stereocenters. The van der Waals surface area contributed by atoms with E-state index in [2.05, 4.69) is 49.3 Å². The van der Waals surface area contributed by atoms with Crippen molar-refractivity contribution in [1.29, 1.82) is 0 Å². The second-order valence-corrected chi connectivity index (χ2v) is 11.1. The third kappa shape index (κ3) is 18.9. The molecule has 13 nitrogen and oxygen atoms in total.